The number of ether oxygens (including phenoxy) is 1. The summed E-state index contributed by atoms with van der Waals surface area (Å²) in [5.74, 6) is 0.477. The molecule has 1 N–H and O–H groups in total. The van der Waals surface area contributed by atoms with Gasteiger partial charge in [-0.2, -0.15) is 0 Å². The Balaban J connectivity index is 2.82. The van der Waals surface area contributed by atoms with Gasteiger partial charge in [-0.25, -0.2) is 0 Å². The summed E-state index contributed by atoms with van der Waals surface area (Å²) in [6, 6.07) is 6.88. The van der Waals surface area contributed by atoms with Gasteiger partial charge in [-0.1, -0.05) is 20.8 Å². The summed E-state index contributed by atoms with van der Waals surface area (Å²) in [4.78, 5) is 12.0. The van der Waals surface area contributed by atoms with E-state index in [1.165, 1.54) is 0 Å². The van der Waals surface area contributed by atoms with Crippen molar-refractivity contribution in [3.05, 3.63) is 29.8 Å². The second kappa shape index (κ2) is 5.53. The van der Waals surface area contributed by atoms with E-state index in [1.807, 2.05) is 34.6 Å². The lowest BCUT2D eigenvalue weighted by Crippen LogP contribution is -2.34. The second-order valence-corrected chi connectivity index (χ2v) is 5.82. The van der Waals surface area contributed by atoms with Gasteiger partial charge in [-0.15, -0.1) is 0 Å². The molecule has 0 spiro atoms. The van der Waals surface area contributed by atoms with E-state index < -0.39 is 11.5 Å². The quantitative estimate of drug-likeness (QED) is 0.835. The van der Waals surface area contributed by atoms with Crippen molar-refractivity contribution in [2.24, 2.45) is 5.41 Å². The van der Waals surface area contributed by atoms with Gasteiger partial charge in [0.1, 0.15) is 11.9 Å². The van der Waals surface area contributed by atoms with Crippen LogP contribution in [-0.4, -0.2) is 23.1 Å². The lowest BCUT2D eigenvalue weighted by atomic mass is 9.84. The topological polar surface area (TPSA) is 46.5 Å². The van der Waals surface area contributed by atoms with Crippen LogP contribution in [0.5, 0.6) is 5.75 Å². The minimum absolute atomic E-state index is 0.103. The largest absolute Gasteiger partial charge is 0.491 e. The fraction of sp³-hybridized carbons (Fsp3) is 0.533. The monoisotopic (exact) mass is 250 g/mol. The van der Waals surface area contributed by atoms with Crippen LogP contribution in [0.25, 0.3) is 0 Å². The summed E-state index contributed by atoms with van der Waals surface area (Å²) in [5, 5.41) is 9.94. The van der Waals surface area contributed by atoms with E-state index in [9.17, 15) is 9.90 Å². The molecule has 0 amide bonds. The second-order valence-electron chi connectivity index (χ2n) is 5.82. The molecule has 0 saturated heterocycles. The number of benzene rings is 1. The van der Waals surface area contributed by atoms with Crippen LogP contribution in [0.3, 0.4) is 0 Å². The minimum Gasteiger partial charge on any atom is -0.491 e. The molecule has 1 unspecified atom stereocenters. The number of hydrogen-bond acceptors (Lipinski definition) is 3. The van der Waals surface area contributed by atoms with Gasteiger partial charge in [0.2, 0.25) is 0 Å². The molecule has 0 fully saturated rings. The van der Waals surface area contributed by atoms with Crippen LogP contribution < -0.4 is 4.74 Å². The summed E-state index contributed by atoms with van der Waals surface area (Å²) in [5.41, 5.74) is 0.0537. The number of ketones is 1. The van der Waals surface area contributed by atoms with Crippen LogP contribution in [0.4, 0.5) is 0 Å². The summed E-state index contributed by atoms with van der Waals surface area (Å²) in [6.45, 7) is 9.41. The van der Waals surface area contributed by atoms with Gasteiger partial charge < -0.3 is 9.84 Å². The van der Waals surface area contributed by atoms with Crippen LogP contribution >= 0.6 is 0 Å². The Morgan fingerprint density at radius 3 is 2.06 bits per heavy atom. The molecule has 0 heterocycles. The SMILES string of the molecule is CC(C)Oc1ccc(C(=O)C(O)C(C)(C)C)cc1. The van der Waals surface area contributed by atoms with E-state index >= 15 is 0 Å². The van der Waals surface area contributed by atoms with Crippen LogP contribution in [0.1, 0.15) is 45.0 Å². The molecular formula is C15H22O3. The number of aliphatic hydroxyl groups is 1. The highest BCUT2D eigenvalue weighted by Crippen LogP contribution is 2.23. The third-order valence-electron chi connectivity index (χ3n) is 2.58. The standard InChI is InChI=1S/C15H22O3/c1-10(2)18-12-8-6-11(7-9-12)13(16)14(17)15(3,4)5/h6-10,14,17H,1-5H3. The molecule has 1 atom stereocenters. The van der Waals surface area contributed by atoms with Gasteiger partial charge in [0.05, 0.1) is 6.10 Å². The predicted octanol–water partition coefficient (Wildman–Crippen LogP) is 3.06. The number of hydrogen-bond donors (Lipinski definition) is 1. The van der Waals surface area contributed by atoms with Gasteiger partial charge in [0, 0.05) is 5.56 Å². The first-order valence-corrected chi connectivity index (χ1v) is 6.21. The van der Waals surface area contributed by atoms with E-state index in [4.69, 9.17) is 4.74 Å². The average Bonchev–Trinajstić information content (AvgIpc) is 2.26. The van der Waals surface area contributed by atoms with Crippen molar-refractivity contribution in [3.63, 3.8) is 0 Å². The average molecular weight is 250 g/mol. The zero-order chi connectivity index (χ0) is 13.9. The van der Waals surface area contributed by atoms with Crippen LogP contribution in [0.15, 0.2) is 24.3 Å². The highest BCUT2D eigenvalue weighted by atomic mass is 16.5. The first-order chi connectivity index (χ1) is 8.21. The third-order valence-corrected chi connectivity index (χ3v) is 2.58. The lowest BCUT2D eigenvalue weighted by molar-refractivity contribution is 0.0442. The summed E-state index contributed by atoms with van der Waals surface area (Å²) < 4.78 is 5.50. The molecule has 1 aromatic rings. The van der Waals surface area contributed by atoms with Crippen molar-refractivity contribution in [1.29, 1.82) is 0 Å². The maximum atomic E-state index is 12.0. The maximum absolute atomic E-state index is 12.0. The van der Waals surface area contributed by atoms with Crippen molar-refractivity contribution >= 4 is 5.78 Å². The normalized spacial score (nSPS) is 13.5. The van der Waals surface area contributed by atoms with Crippen molar-refractivity contribution in [1.82, 2.24) is 0 Å². The lowest BCUT2D eigenvalue weighted by Gasteiger charge is -2.24. The molecular weight excluding hydrogens is 228 g/mol. The van der Waals surface area contributed by atoms with Crippen LogP contribution in [-0.2, 0) is 0 Å². The maximum Gasteiger partial charge on any atom is 0.191 e. The molecule has 3 nitrogen and oxygen atoms in total. The first kappa shape index (κ1) is 14.7. The number of aliphatic hydroxyl groups excluding tert-OH is 1. The molecule has 0 aliphatic heterocycles. The van der Waals surface area contributed by atoms with Gasteiger partial charge in [0.15, 0.2) is 5.78 Å². The highest BCUT2D eigenvalue weighted by molar-refractivity contribution is 5.99. The number of carbonyl (C=O) groups excluding carboxylic acids is 1. The Bertz CT molecular complexity index is 399. The number of carbonyl (C=O) groups is 1. The molecule has 3 heteroatoms. The zero-order valence-corrected chi connectivity index (χ0v) is 11.7. The van der Waals surface area contributed by atoms with E-state index in [0.717, 1.165) is 5.75 Å². The van der Waals surface area contributed by atoms with E-state index in [2.05, 4.69) is 0 Å². The summed E-state index contributed by atoms with van der Waals surface area (Å²) in [6.07, 6.45) is -0.888. The smallest absolute Gasteiger partial charge is 0.191 e. The van der Waals surface area contributed by atoms with Crippen molar-refractivity contribution < 1.29 is 14.6 Å². The fourth-order valence-electron chi connectivity index (χ4n) is 1.52. The van der Waals surface area contributed by atoms with Crippen LogP contribution in [0, 0.1) is 5.41 Å². The predicted molar refractivity (Wildman–Crippen MR) is 72.0 cm³/mol. The van der Waals surface area contributed by atoms with Crippen molar-refractivity contribution in [3.8, 4) is 5.75 Å². The molecule has 100 valence electrons. The van der Waals surface area contributed by atoms with E-state index in [-0.39, 0.29) is 11.9 Å². The van der Waals surface area contributed by atoms with Gasteiger partial charge in [-0.05, 0) is 43.5 Å². The Hall–Kier alpha value is -1.35. The van der Waals surface area contributed by atoms with Gasteiger partial charge in [-0.3, -0.25) is 4.79 Å². The minimum atomic E-state index is -0.991. The summed E-state index contributed by atoms with van der Waals surface area (Å²) in [7, 11) is 0. The van der Waals surface area contributed by atoms with Crippen molar-refractivity contribution in [2.75, 3.05) is 0 Å². The van der Waals surface area contributed by atoms with Gasteiger partial charge in [0.25, 0.3) is 0 Å². The molecule has 0 aromatic heterocycles. The molecule has 0 aliphatic carbocycles. The Morgan fingerprint density at radius 1 is 1.17 bits per heavy atom. The van der Waals surface area contributed by atoms with E-state index in [0.29, 0.717) is 5.56 Å². The molecule has 0 aliphatic rings. The van der Waals surface area contributed by atoms with E-state index in [1.54, 1.807) is 24.3 Å². The zero-order valence-electron chi connectivity index (χ0n) is 11.7. The molecule has 0 saturated carbocycles. The molecule has 0 bridgehead atoms. The molecule has 1 aromatic carbocycles. The Labute approximate surface area is 109 Å². The Morgan fingerprint density at radius 2 is 1.67 bits per heavy atom. The van der Waals surface area contributed by atoms with Gasteiger partial charge >= 0.3 is 0 Å². The third kappa shape index (κ3) is 3.84. The number of rotatable bonds is 4. The highest BCUT2D eigenvalue weighted by Gasteiger charge is 2.29. The Kier molecular flexibility index (Phi) is 4.52. The van der Waals surface area contributed by atoms with Crippen LogP contribution in [0.2, 0.25) is 0 Å². The molecule has 18 heavy (non-hydrogen) atoms. The molecule has 0 radical (unpaired) electrons. The summed E-state index contributed by atoms with van der Waals surface area (Å²) >= 11 is 0. The number of Topliss-reactive ketones (excluding diaryl/α,β-unsaturated/α-hetero) is 1. The first-order valence-electron chi connectivity index (χ1n) is 6.21. The molecule has 1 rings (SSSR count). The van der Waals surface area contributed by atoms with Crippen molar-refractivity contribution in [2.45, 2.75) is 46.8 Å². The fourth-order valence-corrected chi connectivity index (χ4v) is 1.52.